The second-order valence-electron chi connectivity index (χ2n) is 5.81. The Kier molecular flexibility index (Phi) is 4.95. The number of hydrogen-bond acceptors (Lipinski definition) is 4. The van der Waals surface area contributed by atoms with E-state index < -0.39 is 6.04 Å². The number of pyridine rings is 1. The zero-order valence-electron chi connectivity index (χ0n) is 14.2. The summed E-state index contributed by atoms with van der Waals surface area (Å²) in [6, 6.07) is 16.1. The van der Waals surface area contributed by atoms with Crippen molar-refractivity contribution in [1.82, 2.24) is 10.3 Å². The lowest BCUT2D eigenvalue weighted by Crippen LogP contribution is -2.31. The minimum atomic E-state index is -0.470. The van der Waals surface area contributed by atoms with Crippen LogP contribution in [0.2, 0.25) is 0 Å². The van der Waals surface area contributed by atoms with Crippen LogP contribution in [0.4, 0.5) is 0 Å². The van der Waals surface area contributed by atoms with Gasteiger partial charge < -0.3 is 15.2 Å². The van der Waals surface area contributed by atoms with E-state index in [2.05, 4.69) is 10.3 Å². The van der Waals surface area contributed by atoms with Crippen LogP contribution in [0.25, 0.3) is 10.9 Å². The molecule has 128 valence electrons. The molecule has 25 heavy (non-hydrogen) atoms. The second kappa shape index (κ2) is 7.32. The molecule has 1 heterocycles. The topological polar surface area (TPSA) is 71.5 Å². The first-order valence-electron chi connectivity index (χ1n) is 8.04. The van der Waals surface area contributed by atoms with Crippen molar-refractivity contribution in [1.29, 1.82) is 0 Å². The van der Waals surface area contributed by atoms with Crippen molar-refractivity contribution in [3.63, 3.8) is 0 Å². The van der Waals surface area contributed by atoms with Gasteiger partial charge in [0.1, 0.15) is 5.75 Å². The number of aryl methyl sites for hydroxylation is 1. The number of nitrogens with zero attached hydrogens (tertiary/aromatic N) is 1. The number of amides is 1. The standard InChI is InChI=1S/C20H20N2O3/c1-13-10-17(16-11-15(25-2)8-9-18(16)21-13)20(24)22-19(12-23)14-6-4-3-5-7-14/h3-11,19,23H,12H2,1-2H3,(H,22,24). The molecule has 0 aliphatic carbocycles. The number of benzene rings is 2. The fourth-order valence-corrected chi connectivity index (χ4v) is 2.81. The Morgan fingerprint density at radius 3 is 2.64 bits per heavy atom. The molecule has 0 fully saturated rings. The van der Waals surface area contributed by atoms with Crippen LogP contribution in [0.15, 0.2) is 54.6 Å². The maximum absolute atomic E-state index is 12.9. The van der Waals surface area contributed by atoms with E-state index in [4.69, 9.17) is 4.74 Å². The lowest BCUT2D eigenvalue weighted by atomic mass is 10.0. The van der Waals surface area contributed by atoms with E-state index in [1.807, 2.05) is 49.4 Å². The lowest BCUT2D eigenvalue weighted by Gasteiger charge is -2.18. The average molecular weight is 336 g/mol. The summed E-state index contributed by atoms with van der Waals surface area (Å²) in [6.07, 6.45) is 0. The summed E-state index contributed by atoms with van der Waals surface area (Å²) in [5, 5.41) is 13.3. The molecule has 1 atom stereocenters. The van der Waals surface area contributed by atoms with Gasteiger partial charge in [-0.1, -0.05) is 30.3 Å². The number of aliphatic hydroxyl groups is 1. The third-order valence-corrected chi connectivity index (χ3v) is 4.08. The third-order valence-electron chi connectivity index (χ3n) is 4.08. The molecule has 2 aromatic carbocycles. The van der Waals surface area contributed by atoms with Gasteiger partial charge in [0, 0.05) is 11.1 Å². The molecule has 0 saturated heterocycles. The van der Waals surface area contributed by atoms with Gasteiger partial charge in [-0.15, -0.1) is 0 Å². The van der Waals surface area contributed by atoms with Crippen LogP contribution in [0.3, 0.4) is 0 Å². The molecule has 0 radical (unpaired) electrons. The number of fused-ring (bicyclic) bond motifs is 1. The van der Waals surface area contributed by atoms with Gasteiger partial charge >= 0.3 is 0 Å². The molecule has 1 amide bonds. The Labute approximate surface area is 146 Å². The fourth-order valence-electron chi connectivity index (χ4n) is 2.81. The summed E-state index contributed by atoms with van der Waals surface area (Å²) in [6.45, 7) is 1.67. The highest BCUT2D eigenvalue weighted by Gasteiger charge is 2.18. The van der Waals surface area contributed by atoms with Crippen LogP contribution in [0, 0.1) is 6.92 Å². The molecule has 3 aromatic rings. The van der Waals surface area contributed by atoms with Gasteiger partial charge in [-0.3, -0.25) is 9.78 Å². The van der Waals surface area contributed by atoms with Crippen molar-refractivity contribution >= 4 is 16.8 Å². The van der Waals surface area contributed by atoms with Crippen LogP contribution in [-0.4, -0.2) is 29.7 Å². The molecule has 2 N–H and O–H groups in total. The number of aliphatic hydroxyl groups excluding tert-OH is 1. The lowest BCUT2D eigenvalue weighted by molar-refractivity contribution is 0.0917. The first kappa shape index (κ1) is 16.9. The fraction of sp³-hybridized carbons (Fsp3) is 0.200. The van der Waals surface area contributed by atoms with E-state index >= 15 is 0 Å². The Hall–Kier alpha value is -2.92. The van der Waals surface area contributed by atoms with Crippen molar-refractivity contribution in [3.05, 3.63) is 71.4 Å². The molecule has 1 aromatic heterocycles. The van der Waals surface area contributed by atoms with E-state index in [0.29, 0.717) is 16.7 Å². The monoisotopic (exact) mass is 336 g/mol. The summed E-state index contributed by atoms with van der Waals surface area (Å²) in [5.74, 6) is 0.403. The number of carbonyl (C=O) groups excluding carboxylic acids is 1. The summed E-state index contributed by atoms with van der Waals surface area (Å²) in [7, 11) is 1.58. The Morgan fingerprint density at radius 2 is 1.96 bits per heavy atom. The molecule has 1 unspecified atom stereocenters. The minimum absolute atomic E-state index is 0.179. The number of ether oxygens (including phenoxy) is 1. The number of aromatic nitrogens is 1. The SMILES string of the molecule is COc1ccc2nc(C)cc(C(=O)NC(CO)c3ccccc3)c2c1. The molecular formula is C20H20N2O3. The number of carbonyl (C=O) groups is 1. The Bertz CT molecular complexity index is 894. The molecule has 0 bridgehead atoms. The minimum Gasteiger partial charge on any atom is -0.497 e. The predicted molar refractivity (Wildman–Crippen MR) is 96.8 cm³/mol. The molecule has 0 spiro atoms. The van der Waals surface area contributed by atoms with Gasteiger partial charge in [0.15, 0.2) is 0 Å². The molecular weight excluding hydrogens is 316 g/mol. The first-order chi connectivity index (χ1) is 12.1. The van der Waals surface area contributed by atoms with Crippen LogP contribution in [0.1, 0.15) is 27.7 Å². The van der Waals surface area contributed by atoms with Crippen molar-refractivity contribution in [2.45, 2.75) is 13.0 Å². The molecule has 0 saturated carbocycles. The van der Waals surface area contributed by atoms with Gasteiger partial charge in [-0.2, -0.15) is 0 Å². The number of methoxy groups -OCH3 is 1. The maximum Gasteiger partial charge on any atom is 0.252 e. The Morgan fingerprint density at radius 1 is 1.20 bits per heavy atom. The second-order valence-corrected chi connectivity index (χ2v) is 5.81. The summed E-state index contributed by atoms with van der Waals surface area (Å²) in [5.41, 5.74) is 2.84. The zero-order chi connectivity index (χ0) is 17.8. The largest absolute Gasteiger partial charge is 0.497 e. The van der Waals surface area contributed by atoms with E-state index in [1.165, 1.54) is 0 Å². The molecule has 5 nitrogen and oxygen atoms in total. The number of rotatable bonds is 5. The van der Waals surface area contributed by atoms with Gasteiger partial charge in [0.25, 0.3) is 5.91 Å². The molecule has 0 aliphatic rings. The average Bonchev–Trinajstić information content (AvgIpc) is 2.65. The van der Waals surface area contributed by atoms with Crippen LogP contribution < -0.4 is 10.1 Å². The van der Waals surface area contributed by atoms with Crippen molar-refractivity contribution in [2.24, 2.45) is 0 Å². The van der Waals surface area contributed by atoms with Gasteiger partial charge in [-0.25, -0.2) is 0 Å². The normalized spacial score (nSPS) is 12.0. The number of nitrogens with one attached hydrogen (secondary N) is 1. The third kappa shape index (κ3) is 3.61. The van der Waals surface area contributed by atoms with Gasteiger partial charge in [-0.05, 0) is 36.8 Å². The summed E-state index contributed by atoms with van der Waals surface area (Å²) < 4.78 is 5.26. The van der Waals surface area contributed by atoms with Gasteiger partial charge in [0.2, 0.25) is 0 Å². The molecule has 3 rings (SSSR count). The van der Waals surface area contributed by atoms with E-state index in [9.17, 15) is 9.90 Å². The maximum atomic E-state index is 12.9. The van der Waals surface area contributed by atoms with Crippen LogP contribution >= 0.6 is 0 Å². The highest BCUT2D eigenvalue weighted by Crippen LogP contribution is 2.24. The van der Waals surface area contributed by atoms with Crippen LogP contribution in [0.5, 0.6) is 5.75 Å². The van der Waals surface area contributed by atoms with E-state index in [0.717, 1.165) is 16.8 Å². The van der Waals surface area contributed by atoms with Crippen molar-refractivity contribution < 1.29 is 14.6 Å². The van der Waals surface area contributed by atoms with E-state index in [-0.39, 0.29) is 12.5 Å². The summed E-state index contributed by atoms with van der Waals surface area (Å²) in [4.78, 5) is 17.3. The summed E-state index contributed by atoms with van der Waals surface area (Å²) >= 11 is 0. The molecule has 0 aliphatic heterocycles. The first-order valence-corrected chi connectivity index (χ1v) is 8.04. The highest BCUT2D eigenvalue weighted by atomic mass is 16.5. The predicted octanol–water partition coefficient (Wildman–Crippen LogP) is 3.02. The molecule has 5 heteroatoms. The highest BCUT2D eigenvalue weighted by molar-refractivity contribution is 6.06. The van der Waals surface area contributed by atoms with Crippen molar-refractivity contribution in [2.75, 3.05) is 13.7 Å². The quantitative estimate of drug-likeness (QED) is 0.751. The number of hydrogen-bond donors (Lipinski definition) is 2. The smallest absolute Gasteiger partial charge is 0.252 e. The van der Waals surface area contributed by atoms with Crippen LogP contribution in [-0.2, 0) is 0 Å². The van der Waals surface area contributed by atoms with Crippen molar-refractivity contribution in [3.8, 4) is 5.75 Å². The zero-order valence-corrected chi connectivity index (χ0v) is 14.2. The van der Waals surface area contributed by atoms with E-state index in [1.54, 1.807) is 19.2 Å². The van der Waals surface area contributed by atoms with Gasteiger partial charge in [0.05, 0.1) is 30.8 Å². The Balaban J connectivity index is 1.98.